The molecule has 0 unspecified atom stereocenters. The fraction of sp³-hybridized carbons (Fsp3) is 0. The van der Waals surface area contributed by atoms with Crippen molar-refractivity contribution in [2.45, 2.75) is 0 Å². The maximum absolute atomic E-state index is 9.69. The molecular weight excluding hydrogens is 1130 g/mol. The lowest BCUT2D eigenvalue weighted by molar-refractivity contribution is 1.01. The SMILES string of the molecule is N=C1/C(=C(\Nn2c3ccccc3c3c4ccccc4c4c5cc(-c6ccc7c8cc(-c9ccc%10c(c9)c9ccccc9n%10-c9ccccc9)ccc8n(-c8nc(-c9ccccc9)c9ccccc9n8)c7c6)ccc5sc4c32)C2=CC=C=C=C2)C=Cc2ccccc21. The van der Waals surface area contributed by atoms with Gasteiger partial charge in [-0.3, -0.25) is 20.1 Å². The van der Waals surface area contributed by atoms with E-state index in [2.05, 4.69) is 279 Å². The molecule has 2 aliphatic rings. The van der Waals surface area contributed by atoms with E-state index in [1.807, 2.05) is 47.8 Å². The van der Waals surface area contributed by atoms with Gasteiger partial charge in [-0.25, -0.2) is 9.97 Å². The Morgan fingerprint density at radius 2 is 1.04 bits per heavy atom. The van der Waals surface area contributed by atoms with Crippen LogP contribution in [0.1, 0.15) is 11.1 Å². The molecule has 0 saturated carbocycles. The highest BCUT2D eigenvalue weighted by atomic mass is 32.1. The van der Waals surface area contributed by atoms with Crippen LogP contribution in [-0.4, -0.2) is 29.5 Å². The summed E-state index contributed by atoms with van der Waals surface area (Å²) in [5.41, 5.74) is 30.1. The zero-order valence-electron chi connectivity index (χ0n) is 48.8. The van der Waals surface area contributed by atoms with Gasteiger partial charge in [0, 0.05) is 81.1 Å². The topological polar surface area (TPSA) is 76.5 Å². The normalized spacial score (nSPS) is 13.6. The Morgan fingerprint density at radius 1 is 0.440 bits per heavy atom. The molecule has 0 spiro atoms. The van der Waals surface area contributed by atoms with E-state index in [9.17, 15) is 5.41 Å². The maximum atomic E-state index is 9.69. The zero-order valence-corrected chi connectivity index (χ0v) is 49.6. The Labute approximate surface area is 525 Å². The number of nitrogens with zero attached hydrogens (tertiary/aromatic N) is 5. The van der Waals surface area contributed by atoms with Crippen LogP contribution in [-0.2, 0) is 0 Å². The molecule has 422 valence electrons. The van der Waals surface area contributed by atoms with Crippen molar-refractivity contribution in [3.63, 3.8) is 0 Å². The van der Waals surface area contributed by atoms with E-state index in [4.69, 9.17) is 9.97 Å². The van der Waals surface area contributed by atoms with Crippen molar-refractivity contribution < 1.29 is 0 Å². The number of hydrogen-bond donors (Lipinski definition) is 2. The Kier molecular flexibility index (Phi) is 11.2. The third kappa shape index (κ3) is 7.79. The molecule has 0 fully saturated rings. The zero-order chi connectivity index (χ0) is 59.8. The van der Waals surface area contributed by atoms with Crippen LogP contribution < -0.4 is 5.43 Å². The smallest absolute Gasteiger partial charge is 0.235 e. The summed E-state index contributed by atoms with van der Waals surface area (Å²) < 4.78 is 9.29. The number of nitrogens with one attached hydrogen (secondary N) is 2. The lowest BCUT2D eigenvalue weighted by atomic mass is 9.89. The van der Waals surface area contributed by atoms with Crippen LogP contribution in [0, 0.1) is 5.41 Å². The van der Waals surface area contributed by atoms with Gasteiger partial charge in [-0.05, 0) is 130 Å². The third-order valence-electron chi connectivity index (χ3n) is 18.6. The number of rotatable bonds is 8. The van der Waals surface area contributed by atoms with E-state index >= 15 is 0 Å². The molecule has 0 saturated heterocycles. The summed E-state index contributed by atoms with van der Waals surface area (Å²) in [5.74, 6) is 0.611. The molecule has 0 amide bonds. The second kappa shape index (κ2) is 19.9. The Balaban J connectivity index is 0.817. The molecule has 0 radical (unpaired) electrons. The molecule has 5 heterocycles. The van der Waals surface area contributed by atoms with Gasteiger partial charge in [0.1, 0.15) is 0 Å². The molecule has 0 aliphatic heterocycles. The maximum Gasteiger partial charge on any atom is 0.235 e. The molecule has 91 heavy (non-hydrogen) atoms. The van der Waals surface area contributed by atoms with E-state index in [0.29, 0.717) is 11.7 Å². The average Bonchev–Trinajstić information content (AvgIpc) is 1.56. The van der Waals surface area contributed by atoms with Gasteiger partial charge in [0.25, 0.3) is 0 Å². The minimum absolute atomic E-state index is 0.460. The number of para-hydroxylation sites is 4. The first-order valence-electron chi connectivity index (χ1n) is 30.6. The number of aromatic nitrogens is 5. The fourth-order valence-corrected chi connectivity index (χ4v) is 15.7. The summed E-state index contributed by atoms with van der Waals surface area (Å²) in [6.07, 6.45) is 10.1. The van der Waals surface area contributed by atoms with Crippen LogP contribution in [0.4, 0.5) is 0 Å². The highest BCUT2D eigenvalue weighted by molar-refractivity contribution is 7.27. The molecule has 19 rings (SSSR count). The van der Waals surface area contributed by atoms with E-state index in [1.165, 1.54) is 58.1 Å². The van der Waals surface area contributed by atoms with E-state index in [1.54, 1.807) is 0 Å². The van der Waals surface area contributed by atoms with Gasteiger partial charge in [0.05, 0.1) is 60.4 Å². The molecule has 2 N–H and O–H groups in total. The van der Waals surface area contributed by atoms with Crippen molar-refractivity contribution in [3.8, 4) is 45.1 Å². The van der Waals surface area contributed by atoms with Crippen LogP contribution in [0.5, 0.6) is 0 Å². The van der Waals surface area contributed by atoms with Crippen molar-refractivity contribution in [2.24, 2.45) is 0 Å². The third-order valence-corrected chi connectivity index (χ3v) is 19.7. The van der Waals surface area contributed by atoms with E-state index in [-0.39, 0.29) is 0 Å². The highest BCUT2D eigenvalue weighted by Gasteiger charge is 2.26. The summed E-state index contributed by atoms with van der Waals surface area (Å²) in [4.78, 5) is 11.0. The van der Waals surface area contributed by atoms with Crippen LogP contribution in [0.3, 0.4) is 0 Å². The predicted molar refractivity (Wildman–Crippen MR) is 381 cm³/mol. The van der Waals surface area contributed by atoms with Gasteiger partial charge in [0.15, 0.2) is 0 Å². The number of fused-ring (bicyclic) bond motifs is 18. The number of hydrogen-bond acceptors (Lipinski definition) is 5. The molecule has 17 aromatic rings. The average molecular weight is 1180 g/mol. The first-order chi connectivity index (χ1) is 45.1. The second-order valence-corrected chi connectivity index (χ2v) is 24.6. The first-order valence-corrected chi connectivity index (χ1v) is 31.4. The molecule has 8 heteroatoms. The summed E-state index contributed by atoms with van der Waals surface area (Å²) in [7, 11) is 0. The monoisotopic (exact) mass is 1180 g/mol. The van der Waals surface area contributed by atoms with Crippen LogP contribution >= 0.6 is 11.3 Å². The quantitative estimate of drug-likeness (QED) is 0.149. The van der Waals surface area contributed by atoms with Crippen molar-refractivity contribution in [1.82, 2.24) is 23.8 Å². The van der Waals surface area contributed by atoms with Crippen molar-refractivity contribution in [1.29, 1.82) is 5.41 Å². The fourth-order valence-electron chi connectivity index (χ4n) is 14.4. The summed E-state index contributed by atoms with van der Waals surface area (Å²) in [6, 6.07) is 91.6. The summed E-state index contributed by atoms with van der Waals surface area (Å²) in [6.45, 7) is 0. The lowest BCUT2D eigenvalue weighted by Gasteiger charge is -2.22. The first kappa shape index (κ1) is 50.9. The van der Waals surface area contributed by atoms with E-state index < -0.39 is 0 Å². The van der Waals surface area contributed by atoms with Gasteiger partial charge in [-0.1, -0.05) is 206 Å². The molecule has 2 aliphatic carbocycles. The van der Waals surface area contributed by atoms with Gasteiger partial charge in [0.2, 0.25) is 5.95 Å². The summed E-state index contributed by atoms with van der Waals surface area (Å²) in [5, 5.41) is 22.4. The molecule has 5 aromatic heterocycles. The lowest BCUT2D eigenvalue weighted by Crippen LogP contribution is -2.21. The minimum atomic E-state index is 0.460. The molecule has 0 bridgehead atoms. The van der Waals surface area contributed by atoms with Gasteiger partial charge >= 0.3 is 0 Å². The predicted octanol–water partition coefficient (Wildman–Crippen LogP) is 21.2. The molecule has 0 atom stereocenters. The Hall–Kier alpha value is -12.2. The number of thiophene rings is 1. The number of allylic oxidation sites excluding steroid dienone is 5. The number of benzene rings is 12. The van der Waals surface area contributed by atoms with E-state index in [0.717, 1.165) is 116 Å². The van der Waals surface area contributed by atoms with Crippen LogP contribution in [0.25, 0.3) is 158 Å². The largest absolute Gasteiger partial charge is 0.309 e. The van der Waals surface area contributed by atoms with Crippen molar-refractivity contribution >= 4 is 130 Å². The van der Waals surface area contributed by atoms with Crippen LogP contribution in [0.2, 0.25) is 0 Å². The Bertz CT molecular complexity index is 6270. The standard InChI is InChI=1S/C83H49N7S/c84-78-58-27-11-10-20-50(58)36-42-65(78)80(52-23-6-2-7-24-52)87-90-73-35-19-16-32-64(73)76-61-29-12-13-30-62(61)77-68-48-55(40-45-75(68)91-82(77)81(76)90)56-37-41-60-67-47-54(53-38-43-71-66(46-53)59-28-15-18-34-70(59)88(71)57-25-8-3-9-26-57)39-44-72(67)89(74(60)49-56)83-85-69-33-17-14-31-63(69)79(86-83)51-21-4-1-5-22-51/h1,3-6,8-49,84,87H/b80-65-,84-78?. The molecular formula is C83H49N7S. The van der Waals surface area contributed by atoms with Gasteiger partial charge in [-0.15, -0.1) is 11.3 Å². The van der Waals surface area contributed by atoms with Crippen LogP contribution in [0.15, 0.2) is 307 Å². The van der Waals surface area contributed by atoms with Gasteiger partial charge < -0.3 is 4.57 Å². The molecule has 7 nitrogen and oxygen atoms in total. The second-order valence-electron chi connectivity index (χ2n) is 23.5. The molecule has 12 aromatic carbocycles. The Morgan fingerprint density at radius 3 is 1.82 bits per heavy atom. The van der Waals surface area contributed by atoms with Crippen molar-refractivity contribution in [3.05, 3.63) is 319 Å². The highest BCUT2D eigenvalue weighted by Crippen LogP contribution is 2.49. The van der Waals surface area contributed by atoms with Gasteiger partial charge in [-0.2, -0.15) is 0 Å². The minimum Gasteiger partial charge on any atom is -0.309 e. The summed E-state index contributed by atoms with van der Waals surface area (Å²) >= 11 is 1.83. The van der Waals surface area contributed by atoms with Crippen molar-refractivity contribution in [2.75, 3.05) is 5.43 Å².